The number of phenols is 1. The number of aliphatic hydroxyl groups is 4. The van der Waals surface area contributed by atoms with E-state index < -0.39 is 87.4 Å². The number of fused-ring (bicyclic) bond motifs is 3. The third-order valence-electron chi connectivity index (χ3n) is 9.00. The standard InChI is InChI=1S/C31H34N4O9/c1-5-13-6-8-14(9-7-13)33-30(43)34-16-11-10-15-12(2)17-19(24(37)18(15)23(16)36)27(40)31(44)21(25(17)38)22(35(3)4)26(39)20(28(31)41)29(32)42/h6-12,17,21-22,25,36-38,41,44H,5H2,1-4H3,(H2,32,42)(H2,33,34,43)/t12-,17+,21+,22-,25-,31-/m1/s1. The second-order valence-corrected chi connectivity index (χ2v) is 11.6. The zero-order valence-electron chi connectivity index (χ0n) is 24.5. The number of anilines is 2. The maximum absolute atomic E-state index is 14.1. The molecule has 0 heterocycles. The molecule has 0 spiro atoms. The summed E-state index contributed by atoms with van der Waals surface area (Å²) in [5.41, 5.74) is 2.35. The van der Waals surface area contributed by atoms with E-state index >= 15 is 0 Å². The number of primary amides is 1. The number of nitrogens with zero attached hydrogens (tertiary/aromatic N) is 1. The van der Waals surface area contributed by atoms with Crippen molar-refractivity contribution in [3.63, 3.8) is 0 Å². The van der Waals surface area contributed by atoms with Crippen molar-refractivity contribution < 1.29 is 44.7 Å². The normalized spacial score (nSPS) is 27.9. The number of amides is 3. The van der Waals surface area contributed by atoms with Gasteiger partial charge in [0.25, 0.3) is 5.91 Å². The highest BCUT2D eigenvalue weighted by atomic mass is 16.4. The number of aliphatic hydroxyl groups excluding tert-OH is 3. The second-order valence-electron chi connectivity index (χ2n) is 11.6. The Morgan fingerprint density at radius 1 is 1.02 bits per heavy atom. The Labute approximate surface area is 252 Å². The van der Waals surface area contributed by atoms with Gasteiger partial charge in [-0.3, -0.25) is 19.3 Å². The van der Waals surface area contributed by atoms with Crippen molar-refractivity contribution in [1.82, 2.24) is 4.90 Å². The summed E-state index contributed by atoms with van der Waals surface area (Å²) in [6, 6.07) is 7.91. The topological polar surface area (TPSA) is 223 Å². The molecule has 3 aliphatic rings. The fourth-order valence-corrected chi connectivity index (χ4v) is 6.83. The van der Waals surface area contributed by atoms with Crippen LogP contribution in [-0.4, -0.2) is 85.8 Å². The van der Waals surface area contributed by atoms with Gasteiger partial charge in [-0.1, -0.05) is 32.0 Å². The van der Waals surface area contributed by atoms with Crippen LogP contribution in [0.25, 0.3) is 5.76 Å². The molecule has 0 radical (unpaired) electrons. The van der Waals surface area contributed by atoms with Gasteiger partial charge < -0.3 is 41.9 Å². The zero-order chi connectivity index (χ0) is 32.4. The molecule has 0 aromatic heterocycles. The predicted molar refractivity (Wildman–Crippen MR) is 159 cm³/mol. The number of aromatic hydroxyl groups is 1. The van der Waals surface area contributed by atoms with Crippen LogP contribution in [0.4, 0.5) is 16.2 Å². The maximum atomic E-state index is 14.1. The number of aryl methyl sites for hydroxylation is 1. The summed E-state index contributed by atoms with van der Waals surface area (Å²) in [6.45, 7) is 3.62. The van der Waals surface area contributed by atoms with Gasteiger partial charge in [-0.05, 0) is 55.8 Å². The van der Waals surface area contributed by atoms with Gasteiger partial charge in [0.15, 0.2) is 11.4 Å². The first-order valence-electron chi connectivity index (χ1n) is 14.0. The van der Waals surface area contributed by atoms with Crippen molar-refractivity contribution in [1.29, 1.82) is 0 Å². The molecule has 2 aromatic carbocycles. The van der Waals surface area contributed by atoms with Crippen LogP contribution in [0, 0.1) is 11.8 Å². The molecule has 3 amide bonds. The molecule has 232 valence electrons. The van der Waals surface area contributed by atoms with Crippen molar-refractivity contribution >= 4 is 40.6 Å². The highest BCUT2D eigenvalue weighted by molar-refractivity contribution is 6.24. The van der Waals surface area contributed by atoms with E-state index in [-0.39, 0.29) is 11.3 Å². The lowest BCUT2D eigenvalue weighted by Gasteiger charge is -2.53. The summed E-state index contributed by atoms with van der Waals surface area (Å²) in [6.07, 6.45) is -0.877. The lowest BCUT2D eigenvalue weighted by molar-refractivity contribution is -0.169. The van der Waals surface area contributed by atoms with Gasteiger partial charge >= 0.3 is 6.03 Å². The summed E-state index contributed by atoms with van der Waals surface area (Å²) in [5.74, 6) is -9.94. The zero-order valence-corrected chi connectivity index (χ0v) is 24.5. The lowest BCUT2D eigenvalue weighted by atomic mass is 9.54. The predicted octanol–water partition coefficient (Wildman–Crippen LogP) is 1.70. The number of nitrogens with one attached hydrogen (secondary N) is 2. The number of rotatable bonds is 5. The molecule has 1 fully saturated rings. The van der Waals surface area contributed by atoms with Crippen LogP contribution in [0.1, 0.15) is 36.5 Å². The molecular weight excluding hydrogens is 572 g/mol. The molecule has 0 saturated heterocycles. The number of benzene rings is 2. The number of carbonyl (C=O) groups is 4. The molecule has 44 heavy (non-hydrogen) atoms. The Morgan fingerprint density at radius 2 is 1.66 bits per heavy atom. The SMILES string of the molecule is CCc1ccc(NC(=O)Nc2ccc3c(c2O)C(O)=C2C(=O)[C@@]4(O)C(O)=C(C(N)=O)C(=O)[C@H](N(C)C)[C@H]4[C@H](O)[C@H]2[C@@H]3C)cc1. The van der Waals surface area contributed by atoms with Crippen molar-refractivity contribution in [3.8, 4) is 5.75 Å². The minimum atomic E-state index is -3.01. The van der Waals surface area contributed by atoms with Crippen LogP contribution in [-0.2, 0) is 20.8 Å². The average Bonchev–Trinajstić information content (AvgIpc) is 2.96. The van der Waals surface area contributed by atoms with E-state index in [4.69, 9.17) is 5.73 Å². The second kappa shape index (κ2) is 10.8. The number of ketones is 2. The number of carbonyl (C=O) groups excluding carboxylic acids is 4. The Bertz CT molecular complexity index is 1660. The smallest absolute Gasteiger partial charge is 0.323 e. The molecule has 0 bridgehead atoms. The monoisotopic (exact) mass is 606 g/mol. The van der Waals surface area contributed by atoms with Gasteiger partial charge in [-0.2, -0.15) is 0 Å². The molecule has 1 saturated carbocycles. The van der Waals surface area contributed by atoms with E-state index in [1.165, 1.54) is 31.1 Å². The van der Waals surface area contributed by atoms with E-state index in [2.05, 4.69) is 10.6 Å². The lowest BCUT2D eigenvalue weighted by Crippen LogP contribution is -2.70. The summed E-state index contributed by atoms with van der Waals surface area (Å²) >= 11 is 0. The highest BCUT2D eigenvalue weighted by Gasteiger charge is 2.68. The fraction of sp³-hybridized carbons (Fsp3) is 0.355. The van der Waals surface area contributed by atoms with Gasteiger partial charge in [0.05, 0.1) is 29.3 Å². The minimum absolute atomic E-state index is 0.112. The Kier molecular flexibility index (Phi) is 7.52. The van der Waals surface area contributed by atoms with E-state index in [0.717, 1.165) is 12.0 Å². The molecule has 13 heteroatoms. The van der Waals surface area contributed by atoms with Crippen molar-refractivity contribution in [2.45, 2.75) is 43.9 Å². The maximum Gasteiger partial charge on any atom is 0.323 e. The molecule has 0 aliphatic heterocycles. The van der Waals surface area contributed by atoms with E-state index in [1.807, 2.05) is 19.1 Å². The van der Waals surface area contributed by atoms with Gasteiger partial charge in [0.2, 0.25) is 5.78 Å². The van der Waals surface area contributed by atoms with E-state index in [0.29, 0.717) is 11.3 Å². The summed E-state index contributed by atoms with van der Waals surface area (Å²) < 4.78 is 0. The minimum Gasteiger partial charge on any atom is -0.508 e. The number of hydrogen-bond acceptors (Lipinski definition) is 10. The first-order chi connectivity index (χ1) is 20.7. The molecule has 3 aliphatic carbocycles. The molecule has 13 nitrogen and oxygen atoms in total. The molecule has 5 rings (SSSR count). The van der Waals surface area contributed by atoms with Crippen molar-refractivity contribution in [2.24, 2.45) is 17.6 Å². The number of Topliss-reactive ketones (excluding diaryl/α,β-unsaturated/α-hetero) is 2. The van der Waals surface area contributed by atoms with Crippen LogP contribution in [0.2, 0.25) is 0 Å². The average molecular weight is 607 g/mol. The molecular formula is C31H34N4O9. The molecule has 2 aromatic rings. The van der Waals surface area contributed by atoms with E-state index in [1.54, 1.807) is 19.1 Å². The third-order valence-corrected chi connectivity index (χ3v) is 9.00. The van der Waals surface area contributed by atoms with Crippen LogP contribution in [0.5, 0.6) is 5.75 Å². The Balaban J connectivity index is 1.60. The van der Waals surface area contributed by atoms with Gasteiger partial charge in [-0.25, -0.2) is 4.79 Å². The van der Waals surface area contributed by atoms with Gasteiger partial charge in [-0.15, -0.1) is 0 Å². The Hall–Kier alpha value is -4.72. The molecule has 6 atom stereocenters. The number of urea groups is 1. The summed E-state index contributed by atoms with van der Waals surface area (Å²) in [4.78, 5) is 53.5. The van der Waals surface area contributed by atoms with Crippen LogP contribution in [0.3, 0.4) is 0 Å². The van der Waals surface area contributed by atoms with Crippen LogP contribution in [0.15, 0.2) is 53.3 Å². The van der Waals surface area contributed by atoms with E-state index in [9.17, 15) is 44.7 Å². The number of nitrogens with two attached hydrogens (primary N) is 1. The van der Waals surface area contributed by atoms with Gasteiger partial charge in [0, 0.05) is 17.2 Å². The largest absolute Gasteiger partial charge is 0.508 e. The fourth-order valence-electron chi connectivity index (χ4n) is 6.83. The number of likely N-dealkylation sites (N-methyl/N-ethyl adjacent to an activating group) is 1. The first kappa shape index (κ1) is 30.7. The number of hydrogen-bond donors (Lipinski definition) is 8. The van der Waals surface area contributed by atoms with Crippen LogP contribution < -0.4 is 16.4 Å². The highest BCUT2D eigenvalue weighted by Crippen LogP contribution is 2.56. The summed E-state index contributed by atoms with van der Waals surface area (Å²) in [5, 5.41) is 62.3. The molecule has 0 unspecified atom stereocenters. The summed E-state index contributed by atoms with van der Waals surface area (Å²) in [7, 11) is 2.87. The van der Waals surface area contributed by atoms with Gasteiger partial charge in [0.1, 0.15) is 22.8 Å². The molecule has 9 N–H and O–H groups in total. The Morgan fingerprint density at radius 3 is 2.23 bits per heavy atom. The quantitative estimate of drug-likeness (QED) is 0.182. The van der Waals surface area contributed by atoms with Crippen molar-refractivity contribution in [3.05, 3.63) is 70.0 Å². The third kappa shape index (κ3) is 4.34. The number of phenolic OH excluding ortho intramolecular Hbond substituents is 1. The van der Waals surface area contributed by atoms with Crippen LogP contribution >= 0.6 is 0 Å². The van der Waals surface area contributed by atoms with Crippen molar-refractivity contribution in [2.75, 3.05) is 24.7 Å². The first-order valence-corrected chi connectivity index (χ1v) is 14.0.